The van der Waals surface area contributed by atoms with Gasteiger partial charge in [-0.2, -0.15) is 25.3 Å². The number of nitrogens with two attached hydrogens (primary N) is 1. The van der Waals surface area contributed by atoms with Crippen molar-refractivity contribution in [3.8, 4) is 22.7 Å². The van der Waals surface area contributed by atoms with E-state index in [1.165, 1.54) is 16.0 Å². The zero-order valence-electron chi connectivity index (χ0n) is 9.56. The molecule has 0 bridgehead atoms. The van der Waals surface area contributed by atoms with Crippen LogP contribution in [0.25, 0.3) is 16.6 Å². The van der Waals surface area contributed by atoms with E-state index in [0.717, 1.165) is 4.88 Å². The summed E-state index contributed by atoms with van der Waals surface area (Å²) in [6.45, 7) is 0. The van der Waals surface area contributed by atoms with Crippen LogP contribution in [0.5, 0.6) is 0 Å². The van der Waals surface area contributed by atoms with E-state index in [-0.39, 0.29) is 5.95 Å². The lowest BCUT2D eigenvalue weighted by Crippen LogP contribution is -2.07. The summed E-state index contributed by atoms with van der Waals surface area (Å²) in [6.07, 6.45) is 3.34. The molecule has 3 aromatic rings. The van der Waals surface area contributed by atoms with Crippen molar-refractivity contribution >= 4 is 17.3 Å². The molecule has 0 aromatic carbocycles. The number of aromatic nitrogens is 5. The molecule has 0 aliphatic carbocycles. The molecular formula is C11H7N7S. The minimum atomic E-state index is 0.113. The molecule has 0 aliphatic rings. The van der Waals surface area contributed by atoms with E-state index in [1.54, 1.807) is 30.6 Å². The van der Waals surface area contributed by atoms with Gasteiger partial charge in [0.05, 0.1) is 4.88 Å². The summed E-state index contributed by atoms with van der Waals surface area (Å²) in [4.78, 5) is 13.7. The van der Waals surface area contributed by atoms with Crippen molar-refractivity contribution in [1.82, 2.24) is 24.7 Å². The van der Waals surface area contributed by atoms with Crippen LogP contribution < -0.4 is 5.73 Å². The third-order valence-electron chi connectivity index (χ3n) is 2.29. The number of nitrogens with zero attached hydrogens (tertiary/aromatic N) is 6. The van der Waals surface area contributed by atoms with E-state index in [4.69, 9.17) is 11.0 Å². The smallest absolute Gasteiger partial charge is 0.255 e. The van der Waals surface area contributed by atoms with Crippen molar-refractivity contribution in [2.24, 2.45) is 0 Å². The van der Waals surface area contributed by atoms with E-state index in [2.05, 4.69) is 26.1 Å². The third kappa shape index (κ3) is 2.14. The summed E-state index contributed by atoms with van der Waals surface area (Å²) in [6, 6.07) is 7.33. The Labute approximate surface area is 112 Å². The van der Waals surface area contributed by atoms with Gasteiger partial charge in [0.1, 0.15) is 10.9 Å². The van der Waals surface area contributed by atoms with Crippen molar-refractivity contribution in [1.29, 1.82) is 5.26 Å². The highest BCUT2D eigenvalue weighted by molar-refractivity contribution is 7.15. The van der Waals surface area contributed by atoms with Gasteiger partial charge in [-0.25, -0.2) is 4.68 Å². The van der Waals surface area contributed by atoms with Gasteiger partial charge >= 0.3 is 0 Å². The predicted molar refractivity (Wildman–Crippen MR) is 69.4 cm³/mol. The Balaban J connectivity index is 2.10. The summed E-state index contributed by atoms with van der Waals surface area (Å²) in [5.74, 6) is 0.895. The van der Waals surface area contributed by atoms with Crippen LogP contribution in [0.2, 0.25) is 0 Å². The number of nitrogen functional groups attached to an aromatic ring is 1. The number of rotatable bonds is 2. The highest BCUT2D eigenvalue weighted by Crippen LogP contribution is 2.25. The largest absolute Gasteiger partial charge is 0.368 e. The lowest BCUT2D eigenvalue weighted by atomic mass is 10.4. The Hall–Kier alpha value is -2.79. The fourth-order valence-electron chi connectivity index (χ4n) is 1.50. The zero-order chi connectivity index (χ0) is 13.2. The highest BCUT2D eigenvalue weighted by Gasteiger charge is 2.10. The standard InChI is InChI=1S/C11H7N7S/c12-6-7-2-3-8(19-7)9-15-10(13)17-11(16-9)18-5-1-4-14-18/h1-5H,(H2,13,15,16,17). The molecular weight excluding hydrogens is 262 g/mol. The molecule has 0 aliphatic heterocycles. The monoisotopic (exact) mass is 269 g/mol. The van der Waals surface area contributed by atoms with Crippen LogP contribution in [0.15, 0.2) is 30.6 Å². The molecule has 92 valence electrons. The van der Waals surface area contributed by atoms with E-state index in [1.807, 2.05) is 0 Å². The molecule has 19 heavy (non-hydrogen) atoms. The first-order chi connectivity index (χ1) is 9.26. The Morgan fingerprint density at radius 2 is 2.16 bits per heavy atom. The Bertz CT molecular complexity index is 754. The Morgan fingerprint density at radius 1 is 1.26 bits per heavy atom. The number of hydrogen-bond acceptors (Lipinski definition) is 7. The van der Waals surface area contributed by atoms with Crippen molar-refractivity contribution in [2.45, 2.75) is 0 Å². The number of nitriles is 1. The van der Waals surface area contributed by atoms with Gasteiger partial charge in [-0.1, -0.05) is 0 Å². The first kappa shape index (κ1) is 11.3. The van der Waals surface area contributed by atoms with E-state index in [0.29, 0.717) is 16.6 Å². The summed E-state index contributed by atoms with van der Waals surface area (Å²) in [7, 11) is 0. The van der Waals surface area contributed by atoms with Gasteiger partial charge in [0.25, 0.3) is 5.95 Å². The predicted octanol–water partition coefficient (Wildman–Crippen LogP) is 1.24. The van der Waals surface area contributed by atoms with E-state index >= 15 is 0 Å². The van der Waals surface area contributed by atoms with E-state index in [9.17, 15) is 0 Å². The van der Waals surface area contributed by atoms with Gasteiger partial charge in [-0.3, -0.25) is 0 Å². The average Bonchev–Trinajstić information content (AvgIpc) is 3.09. The van der Waals surface area contributed by atoms with Gasteiger partial charge in [0.15, 0.2) is 5.82 Å². The second-order valence-electron chi connectivity index (χ2n) is 3.54. The average molecular weight is 269 g/mol. The molecule has 7 nitrogen and oxygen atoms in total. The first-order valence-electron chi connectivity index (χ1n) is 5.28. The molecule has 3 heterocycles. The van der Waals surface area contributed by atoms with E-state index < -0.39 is 0 Å². The fourth-order valence-corrected chi connectivity index (χ4v) is 2.24. The minimum Gasteiger partial charge on any atom is -0.368 e. The van der Waals surface area contributed by atoms with Crippen LogP contribution in [-0.2, 0) is 0 Å². The maximum Gasteiger partial charge on any atom is 0.255 e. The third-order valence-corrected chi connectivity index (χ3v) is 3.27. The van der Waals surface area contributed by atoms with Crippen LogP contribution in [0, 0.1) is 11.3 Å². The number of hydrogen-bond donors (Lipinski definition) is 1. The van der Waals surface area contributed by atoms with Gasteiger partial charge in [-0.05, 0) is 18.2 Å². The van der Waals surface area contributed by atoms with Crippen LogP contribution >= 0.6 is 11.3 Å². The number of thiophene rings is 1. The Kier molecular flexibility index (Phi) is 2.66. The molecule has 0 fully saturated rings. The second-order valence-corrected chi connectivity index (χ2v) is 4.63. The molecule has 8 heteroatoms. The highest BCUT2D eigenvalue weighted by atomic mass is 32.1. The maximum atomic E-state index is 8.83. The molecule has 0 amide bonds. The van der Waals surface area contributed by atoms with Crippen LogP contribution in [-0.4, -0.2) is 24.7 Å². The van der Waals surface area contributed by atoms with Crippen molar-refractivity contribution in [2.75, 3.05) is 5.73 Å². The normalized spacial score (nSPS) is 10.3. The first-order valence-corrected chi connectivity index (χ1v) is 6.10. The lowest BCUT2D eigenvalue weighted by molar-refractivity contribution is 0.802. The topological polar surface area (TPSA) is 106 Å². The quantitative estimate of drug-likeness (QED) is 0.750. The molecule has 0 radical (unpaired) electrons. The fraction of sp³-hybridized carbons (Fsp3) is 0. The van der Waals surface area contributed by atoms with Gasteiger partial charge < -0.3 is 5.73 Å². The molecule has 0 saturated carbocycles. The molecule has 3 rings (SSSR count). The summed E-state index contributed by atoms with van der Waals surface area (Å²) >= 11 is 1.30. The van der Waals surface area contributed by atoms with Crippen molar-refractivity contribution in [3.63, 3.8) is 0 Å². The molecule has 0 saturated heterocycles. The maximum absolute atomic E-state index is 8.83. The van der Waals surface area contributed by atoms with Gasteiger partial charge in [0.2, 0.25) is 5.95 Å². The van der Waals surface area contributed by atoms with Crippen LogP contribution in [0.3, 0.4) is 0 Å². The van der Waals surface area contributed by atoms with Crippen LogP contribution in [0.4, 0.5) is 5.95 Å². The molecule has 0 unspecified atom stereocenters. The Morgan fingerprint density at radius 3 is 2.84 bits per heavy atom. The van der Waals surface area contributed by atoms with Gasteiger partial charge in [0, 0.05) is 12.4 Å². The molecule has 3 aromatic heterocycles. The minimum absolute atomic E-state index is 0.113. The molecule has 0 spiro atoms. The molecule has 2 N–H and O–H groups in total. The summed E-state index contributed by atoms with van der Waals surface area (Å²) in [5.41, 5.74) is 5.68. The van der Waals surface area contributed by atoms with Gasteiger partial charge in [-0.15, -0.1) is 11.3 Å². The summed E-state index contributed by atoms with van der Waals surface area (Å²) < 4.78 is 1.50. The SMILES string of the molecule is N#Cc1ccc(-c2nc(N)nc(-n3cccn3)n2)s1. The number of anilines is 1. The second kappa shape index (κ2) is 4.47. The zero-order valence-corrected chi connectivity index (χ0v) is 10.4. The van der Waals surface area contributed by atoms with Crippen molar-refractivity contribution < 1.29 is 0 Å². The van der Waals surface area contributed by atoms with Crippen LogP contribution in [0.1, 0.15) is 4.88 Å². The van der Waals surface area contributed by atoms with Crippen molar-refractivity contribution in [3.05, 3.63) is 35.5 Å². The molecule has 0 atom stereocenters. The summed E-state index contributed by atoms with van der Waals surface area (Å²) in [5, 5.41) is 12.9. The lowest BCUT2D eigenvalue weighted by Gasteiger charge is -2.02.